The maximum Gasteiger partial charge on any atom is 0.110 e. The largest absolute Gasteiger partial charge is 0.315 e. The molecule has 2 unspecified atom stereocenters. The highest BCUT2D eigenvalue weighted by atomic mass is 19.1. The minimum Gasteiger partial charge on any atom is -0.315 e. The summed E-state index contributed by atoms with van der Waals surface area (Å²) in [5.41, 5.74) is 0.320. The molecule has 0 aromatic heterocycles. The highest BCUT2D eigenvalue weighted by molar-refractivity contribution is 5.01. The third-order valence-corrected chi connectivity index (χ3v) is 3.43. The van der Waals surface area contributed by atoms with Crippen molar-refractivity contribution in [3.05, 3.63) is 0 Å². The molecule has 1 N–H and O–H groups in total. The van der Waals surface area contributed by atoms with Crippen molar-refractivity contribution in [1.82, 2.24) is 10.2 Å². The van der Waals surface area contributed by atoms with Gasteiger partial charge in [0.2, 0.25) is 0 Å². The van der Waals surface area contributed by atoms with E-state index in [4.69, 9.17) is 0 Å². The van der Waals surface area contributed by atoms with Crippen LogP contribution in [-0.4, -0.2) is 42.8 Å². The molecule has 0 bridgehead atoms. The average molecular weight is 186 g/mol. The summed E-state index contributed by atoms with van der Waals surface area (Å²) in [5.74, 6) is 0. The molecule has 0 aromatic rings. The van der Waals surface area contributed by atoms with Gasteiger partial charge >= 0.3 is 0 Å². The molecule has 2 aliphatic heterocycles. The zero-order chi connectivity index (χ0) is 9.31. The van der Waals surface area contributed by atoms with Gasteiger partial charge in [-0.3, -0.25) is 4.90 Å². The second-order valence-corrected chi connectivity index (χ2v) is 4.48. The van der Waals surface area contributed by atoms with Gasteiger partial charge in [-0.05, 0) is 39.3 Å². The number of nitrogens with zero attached hydrogens (tertiary/aromatic N) is 1. The second kappa shape index (κ2) is 3.54. The lowest BCUT2D eigenvalue weighted by molar-refractivity contribution is 0.120. The molecule has 1 spiro atoms. The molecule has 2 saturated heterocycles. The van der Waals surface area contributed by atoms with Gasteiger partial charge in [-0.15, -0.1) is 0 Å². The van der Waals surface area contributed by atoms with E-state index in [0.29, 0.717) is 12.1 Å². The van der Waals surface area contributed by atoms with Crippen molar-refractivity contribution in [3.8, 4) is 0 Å². The topological polar surface area (TPSA) is 15.3 Å². The molecule has 2 fully saturated rings. The maximum atomic E-state index is 12.9. The Balaban J connectivity index is 2.00. The van der Waals surface area contributed by atoms with Gasteiger partial charge in [-0.1, -0.05) is 0 Å². The molecule has 0 amide bonds. The summed E-state index contributed by atoms with van der Waals surface area (Å²) in [6.45, 7) is 5.56. The predicted molar refractivity (Wildman–Crippen MR) is 51.6 cm³/mol. The highest BCUT2D eigenvalue weighted by Crippen LogP contribution is 2.34. The van der Waals surface area contributed by atoms with Gasteiger partial charge in [0.05, 0.1) is 0 Å². The summed E-state index contributed by atoms with van der Waals surface area (Å²) >= 11 is 0. The van der Waals surface area contributed by atoms with Gasteiger partial charge in [0.1, 0.15) is 6.17 Å². The lowest BCUT2D eigenvalue weighted by Crippen LogP contribution is -2.47. The van der Waals surface area contributed by atoms with Crippen LogP contribution in [0.15, 0.2) is 0 Å². The molecule has 2 nitrogen and oxygen atoms in total. The van der Waals surface area contributed by atoms with Gasteiger partial charge < -0.3 is 5.32 Å². The first-order valence-corrected chi connectivity index (χ1v) is 5.33. The van der Waals surface area contributed by atoms with E-state index >= 15 is 0 Å². The van der Waals surface area contributed by atoms with Gasteiger partial charge in [0.25, 0.3) is 0 Å². The predicted octanol–water partition coefficient (Wildman–Crippen LogP) is 1.17. The summed E-state index contributed by atoms with van der Waals surface area (Å²) in [4.78, 5) is 2.36. The number of halogens is 1. The van der Waals surface area contributed by atoms with E-state index in [2.05, 4.69) is 10.2 Å². The summed E-state index contributed by atoms with van der Waals surface area (Å²) in [6, 6.07) is 0. The lowest BCUT2D eigenvalue weighted by Gasteiger charge is -2.34. The number of likely N-dealkylation sites (tertiary alicyclic amines) is 1. The zero-order valence-corrected chi connectivity index (χ0v) is 8.35. The molecule has 2 aliphatic rings. The van der Waals surface area contributed by atoms with Crippen LogP contribution in [0.3, 0.4) is 0 Å². The van der Waals surface area contributed by atoms with Crippen LogP contribution in [0, 0.1) is 0 Å². The van der Waals surface area contributed by atoms with Crippen molar-refractivity contribution < 1.29 is 4.39 Å². The first-order chi connectivity index (χ1) is 6.23. The Labute approximate surface area is 79.5 Å². The summed E-state index contributed by atoms with van der Waals surface area (Å²) < 4.78 is 12.9. The van der Waals surface area contributed by atoms with Gasteiger partial charge in [0.15, 0.2) is 0 Å². The first-order valence-electron chi connectivity index (χ1n) is 5.33. The fourth-order valence-corrected chi connectivity index (χ4v) is 2.80. The van der Waals surface area contributed by atoms with Gasteiger partial charge in [0, 0.05) is 18.6 Å². The normalized spacial score (nSPS) is 37.4. The monoisotopic (exact) mass is 186 g/mol. The minimum absolute atomic E-state index is 0.320. The number of nitrogens with one attached hydrogen (secondary N) is 1. The van der Waals surface area contributed by atoms with Crippen molar-refractivity contribution in [1.29, 1.82) is 0 Å². The molecular formula is C10H19FN2. The van der Waals surface area contributed by atoms with Crippen molar-refractivity contribution in [2.24, 2.45) is 0 Å². The number of rotatable bonds is 2. The van der Waals surface area contributed by atoms with Crippen molar-refractivity contribution in [2.45, 2.75) is 37.9 Å². The zero-order valence-electron chi connectivity index (χ0n) is 8.35. The van der Waals surface area contributed by atoms with E-state index in [1.165, 1.54) is 19.3 Å². The van der Waals surface area contributed by atoms with Crippen molar-refractivity contribution >= 4 is 0 Å². The van der Waals surface area contributed by atoms with Crippen LogP contribution >= 0.6 is 0 Å². The third-order valence-electron chi connectivity index (χ3n) is 3.43. The van der Waals surface area contributed by atoms with E-state index in [1.54, 1.807) is 6.92 Å². The van der Waals surface area contributed by atoms with E-state index in [-0.39, 0.29) is 0 Å². The quantitative estimate of drug-likeness (QED) is 0.696. The minimum atomic E-state index is -0.685. The molecule has 0 radical (unpaired) electrons. The Morgan fingerprint density at radius 2 is 2.38 bits per heavy atom. The van der Waals surface area contributed by atoms with E-state index in [0.717, 1.165) is 19.6 Å². The molecule has 2 atom stereocenters. The van der Waals surface area contributed by atoms with Crippen LogP contribution in [0.4, 0.5) is 4.39 Å². The molecule has 0 aliphatic carbocycles. The molecule has 0 aromatic carbocycles. The Morgan fingerprint density at radius 3 is 3.00 bits per heavy atom. The molecule has 13 heavy (non-hydrogen) atoms. The third kappa shape index (κ3) is 1.72. The summed E-state index contributed by atoms with van der Waals surface area (Å²) in [7, 11) is 0. The smallest absolute Gasteiger partial charge is 0.110 e. The Bertz CT molecular complexity index is 170. The van der Waals surface area contributed by atoms with Crippen LogP contribution in [0.2, 0.25) is 0 Å². The van der Waals surface area contributed by atoms with Gasteiger partial charge in [-0.25, -0.2) is 4.39 Å². The molecule has 2 rings (SSSR count). The van der Waals surface area contributed by atoms with E-state index in [9.17, 15) is 4.39 Å². The Hall–Kier alpha value is -0.150. The Kier molecular flexibility index (Phi) is 2.56. The van der Waals surface area contributed by atoms with E-state index < -0.39 is 6.17 Å². The molecular weight excluding hydrogens is 167 g/mol. The van der Waals surface area contributed by atoms with Gasteiger partial charge in [-0.2, -0.15) is 0 Å². The number of hydrogen-bond donors (Lipinski definition) is 1. The van der Waals surface area contributed by atoms with Crippen LogP contribution < -0.4 is 5.32 Å². The molecule has 76 valence electrons. The molecule has 3 heteroatoms. The van der Waals surface area contributed by atoms with Crippen LogP contribution in [0.1, 0.15) is 26.2 Å². The Morgan fingerprint density at radius 1 is 1.54 bits per heavy atom. The first kappa shape index (κ1) is 9.41. The van der Waals surface area contributed by atoms with Crippen molar-refractivity contribution in [3.63, 3.8) is 0 Å². The standard InChI is InChI=1S/C10H19FN2/c1-9(11)7-13-6-2-3-10(13)4-5-12-8-10/h9,12H,2-8H2,1H3. The number of hydrogen-bond acceptors (Lipinski definition) is 2. The summed E-state index contributed by atoms with van der Waals surface area (Å²) in [6.07, 6.45) is 3.02. The van der Waals surface area contributed by atoms with Crippen molar-refractivity contribution in [2.75, 3.05) is 26.2 Å². The second-order valence-electron chi connectivity index (χ2n) is 4.48. The molecule has 2 heterocycles. The summed E-state index contributed by atoms with van der Waals surface area (Å²) in [5, 5.41) is 3.39. The van der Waals surface area contributed by atoms with Crippen LogP contribution in [0.25, 0.3) is 0 Å². The fraction of sp³-hybridized carbons (Fsp3) is 1.00. The van der Waals surface area contributed by atoms with Crippen LogP contribution in [-0.2, 0) is 0 Å². The SMILES string of the molecule is CC(F)CN1CCCC12CCNC2. The number of alkyl halides is 1. The average Bonchev–Trinajstić information content (AvgIpc) is 2.64. The van der Waals surface area contributed by atoms with E-state index in [1.807, 2.05) is 0 Å². The highest BCUT2D eigenvalue weighted by Gasteiger charge is 2.42. The maximum absolute atomic E-state index is 12.9. The van der Waals surface area contributed by atoms with Crippen LogP contribution in [0.5, 0.6) is 0 Å². The lowest BCUT2D eigenvalue weighted by atomic mass is 9.95. The fourth-order valence-electron chi connectivity index (χ4n) is 2.80. The molecule has 0 saturated carbocycles.